The highest BCUT2D eigenvalue weighted by molar-refractivity contribution is 5.70. The number of benzene rings is 1. The molecular weight excluding hydrogens is 338 g/mol. The third kappa shape index (κ3) is 4.24. The van der Waals surface area contributed by atoms with E-state index >= 15 is 0 Å². The van der Waals surface area contributed by atoms with Crippen molar-refractivity contribution in [1.29, 1.82) is 0 Å². The van der Waals surface area contributed by atoms with E-state index in [-0.39, 0.29) is 0 Å². The molecular formula is C22H31N3O2. The largest absolute Gasteiger partial charge is 0.496 e. The van der Waals surface area contributed by atoms with Crippen molar-refractivity contribution in [2.45, 2.75) is 52.4 Å². The number of nitrogens with zero attached hydrogens (tertiary/aromatic N) is 2. The summed E-state index contributed by atoms with van der Waals surface area (Å²) in [5.41, 5.74) is 11.2. The second kappa shape index (κ2) is 8.26. The zero-order valence-electron chi connectivity index (χ0n) is 17.1. The molecule has 0 saturated heterocycles. The van der Waals surface area contributed by atoms with Gasteiger partial charge in [0.05, 0.1) is 19.8 Å². The van der Waals surface area contributed by atoms with Crippen molar-refractivity contribution in [3.8, 4) is 23.0 Å². The Kier molecular flexibility index (Phi) is 6.00. The molecule has 1 aliphatic rings. The molecule has 1 heterocycles. The maximum atomic E-state index is 5.90. The molecule has 1 saturated carbocycles. The predicted octanol–water partition coefficient (Wildman–Crippen LogP) is 4.32. The molecule has 2 N–H and O–H groups in total. The molecule has 1 aliphatic carbocycles. The minimum atomic E-state index is 0.354. The highest BCUT2D eigenvalue weighted by atomic mass is 16.5. The van der Waals surface area contributed by atoms with Gasteiger partial charge in [-0.2, -0.15) is 4.98 Å². The standard InChI is InChI=1S/C22H31N3O2/c1-13-10-14(2)19(18(11-13)26-4)21-24-15(3)20(22(25-21)27-5)17(8-9-23)12-16-6-7-16/h10-11,16-17H,6-9,12,23H2,1-5H3. The number of aromatic nitrogens is 2. The van der Waals surface area contributed by atoms with Gasteiger partial charge in [-0.1, -0.05) is 18.9 Å². The first-order chi connectivity index (χ1) is 13.0. The van der Waals surface area contributed by atoms with E-state index in [0.717, 1.165) is 52.5 Å². The molecule has 0 aliphatic heterocycles. The van der Waals surface area contributed by atoms with E-state index in [4.69, 9.17) is 25.2 Å². The van der Waals surface area contributed by atoms with Crippen molar-refractivity contribution in [2.75, 3.05) is 20.8 Å². The summed E-state index contributed by atoms with van der Waals surface area (Å²) in [6, 6.07) is 4.15. The molecule has 0 spiro atoms. The van der Waals surface area contributed by atoms with Gasteiger partial charge in [0.2, 0.25) is 5.88 Å². The van der Waals surface area contributed by atoms with Gasteiger partial charge in [0, 0.05) is 11.3 Å². The molecule has 0 bridgehead atoms. The van der Waals surface area contributed by atoms with Crippen LogP contribution in [0, 0.1) is 26.7 Å². The van der Waals surface area contributed by atoms with Crippen molar-refractivity contribution < 1.29 is 9.47 Å². The molecule has 1 fully saturated rings. The number of rotatable bonds is 8. The summed E-state index contributed by atoms with van der Waals surface area (Å²) >= 11 is 0. The predicted molar refractivity (Wildman–Crippen MR) is 109 cm³/mol. The first-order valence-corrected chi connectivity index (χ1v) is 9.76. The van der Waals surface area contributed by atoms with Crippen LogP contribution in [0.4, 0.5) is 0 Å². The topological polar surface area (TPSA) is 70.3 Å². The lowest BCUT2D eigenvalue weighted by molar-refractivity contribution is 0.381. The van der Waals surface area contributed by atoms with Crippen molar-refractivity contribution in [3.63, 3.8) is 0 Å². The van der Waals surface area contributed by atoms with Crippen LogP contribution < -0.4 is 15.2 Å². The van der Waals surface area contributed by atoms with Crippen LogP contribution in [0.1, 0.15) is 54.0 Å². The fourth-order valence-electron chi connectivity index (χ4n) is 4.01. The van der Waals surface area contributed by atoms with Crippen LogP contribution in [0.25, 0.3) is 11.4 Å². The minimum absolute atomic E-state index is 0.354. The molecule has 1 aromatic heterocycles. The van der Waals surface area contributed by atoms with E-state index < -0.39 is 0 Å². The first kappa shape index (κ1) is 19.6. The molecule has 27 heavy (non-hydrogen) atoms. The van der Waals surface area contributed by atoms with E-state index in [1.54, 1.807) is 14.2 Å². The molecule has 0 amide bonds. The monoisotopic (exact) mass is 369 g/mol. The lowest BCUT2D eigenvalue weighted by atomic mass is 9.89. The molecule has 5 nitrogen and oxygen atoms in total. The van der Waals surface area contributed by atoms with Crippen molar-refractivity contribution in [1.82, 2.24) is 9.97 Å². The number of methoxy groups -OCH3 is 2. The second-order valence-corrected chi connectivity index (χ2v) is 7.67. The summed E-state index contributed by atoms with van der Waals surface area (Å²) in [4.78, 5) is 9.67. The van der Waals surface area contributed by atoms with Crippen LogP contribution in [-0.2, 0) is 0 Å². The van der Waals surface area contributed by atoms with E-state index in [2.05, 4.69) is 26.8 Å². The summed E-state index contributed by atoms with van der Waals surface area (Å²) in [5, 5.41) is 0. The lowest BCUT2D eigenvalue weighted by Gasteiger charge is -2.21. The third-order valence-electron chi connectivity index (χ3n) is 5.42. The maximum absolute atomic E-state index is 5.90. The van der Waals surface area contributed by atoms with Gasteiger partial charge in [-0.05, 0) is 69.2 Å². The summed E-state index contributed by atoms with van der Waals surface area (Å²) < 4.78 is 11.3. The van der Waals surface area contributed by atoms with Gasteiger partial charge in [-0.15, -0.1) is 0 Å². The summed E-state index contributed by atoms with van der Waals surface area (Å²) in [7, 11) is 3.37. The van der Waals surface area contributed by atoms with Crippen LogP contribution >= 0.6 is 0 Å². The second-order valence-electron chi connectivity index (χ2n) is 7.67. The van der Waals surface area contributed by atoms with Gasteiger partial charge in [0.1, 0.15) is 5.75 Å². The van der Waals surface area contributed by atoms with E-state index in [0.29, 0.717) is 24.2 Å². The smallest absolute Gasteiger partial charge is 0.220 e. The summed E-state index contributed by atoms with van der Waals surface area (Å²) in [5.74, 6) is 3.27. The average Bonchev–Trinajstić information content (AvgIpc) is 3.44. The SMILES string of the molecule is COc1cc(C)cc(C)c1-c1nc(C)c(C(CCN)CC2CC2)c(OC)n1. The molecule has 1 atom stereocenters. The normalized spacial score (nSPS) is 14.9. The summed E-state index contributed by atoms with van der Waals surface area (Å²) in [6.45, 7) is 6.83. The van der Waals surface area contributed by atoms with Crippen LogP contribution in [0.5, 0.6) is 11.6 Å². The Balaban J connectivity index is 2.09. The van der Waals surface area contributed by atoms with Crippen LogP contribution in [0.2, 0.25) is 0 Å². The number of hydrogen-bond donors (Lipinski definition) is 1. The molecule has 2 aromatic rings. The Hall–Kier alpha value is -2.14. The lowest BCUT2D eigenvalue weighted by Crippen LogP contribution is -2.13. The average molecular weight is 370 g/mol. The van der Waals surface area contributed by atoms with Crippen molar-refractivity contribution in [2.24, 2.45) is 11.7 Å². The highest BCUT2D eigenvalue weighted by Gasteiger charge is 2.30. The van der Waals surface area contributed by atoms with Crippen molar-refractivity contribution in [3.05, 3.63) is 34.5 Å². The van der Waals surface area contributed by atoms with E-state index in [1.165, 1.54) is 12.8 Å². The molecule has 1 unspecified atom stereocenters. The highest BCUT2D eigenvalue weighted by Crippen LogP contribution is 2.43. The van der Waals surface area contributed by atoms with Crippen LogP contribution in [0.3, 0.4) is 0 Å². The zero-order valence-corrected chi connectivity index (χ0v) is 17.1. The van der Waals surface area contributed by atoms with Gasteiger partial charge in [-0.3, -0.25) is 0 Å². The quantitative estimate of drug-likeness (QED) is 0.750. The zero-order chi connectivity index (χ0) is 19.6. The number of hydrogen-bond acceptors (Lipinski definition) is 5. The Morgan fingerprint density at radius 1 is 1.11 bits per heavy atom. The van der Waals surface area contributed by atoms with Gasteiger partial charge in [0.15, 0.2) is 5.82 Å². The Labute approximate surface area is 162 Å². The number of ether oxygens (including phenoxy) is 2. The van der Waals surface area contributed by atoms with Gasteiger partial charge in [-0.25, -0.2) is 4.98 Å². The van der Waals surface area contributed by atoms with Crippen LogP contribution in [0.15, 0.2) is 12.1 Å². The molecule has 5 heteroatoms. The van der Waals surface area contributed by atoms with Crippen LogP contribution in [-0.4, -0.2) is 30.7 Å². The first-order valence-electron chi connectivity index (χ1n) is 9.76. The third-order valence-corrected chi connectivity index (χ3v) is 5.42. The van der Waals surface area contributed by atoms with Gasteiger partial charge in [0.25, 0.3) is 0 Å². The molecule has 3 rings (SSSR count). The van der Waals surface area contributed by atoms with E-state index in [1.807, 2.05) is 6.07 Å². The Morgan fingerprint density at radius 3 is 2.44 bits per heavy atom. The summed E-state index contributed by atoms with van der Waals surface area (Å²) in [6.07, 6.45) is 4.72. The molecule has 0 radical (unpaired) electrons. The fourth-order valence-corrected chi connectivity index (χ4v) is 4.01. The number of nitrogens with two attached hydrogens (primary N) is 1. The Morgan fingerprint density at radius 2 is 1.85 bits per heavy atom. The van der Waals surface area contributed by atoms with Gasteiger partial charge < -0.3 is 15.2 Å². The molecule has 1 aromatic carbocycles. The number of aryl methyl sites for hydroxylation is 3. The fraction of sp³-hybridized carbons (Fsp3) is 0.545. The maximum Gasteiger partial charge on any atom is 0.220 e. The minimum Gasteiger partial charge on any atom is -0.496 e. The molecule has 146 valence electrons. The Bertz CT molecular complexity index is 816. The van der Waals surface area contributed by atoms with Crippen molar-refractivity contribution >= 4 is 0 Å². The van der Waals surface area contributed by atoms with Gasteiger partial charge >= 0.3 is 0 Å². The van der Waals surface area contributed by atoms with E-state index in [9.17, 15) is 0 Å².